The molecule has 0 radical (unpaired) electrons. The number of hydrogen-bond acceptors (Lipinski definition) is 4. The number of aryl methyl sites for hydroxylation is 1. The minimum atomic E-state index is 0.240. The molecule has 0 bridgehead atoms. The molecule has 0 fully saturated rings. The van der Waals surface area contributed by atoms with Gasteiger partial charge in [0.1, 0.15) is 17.2 Å². The van der Waals surface area contributed by atoms with Gasteiger partial charge in [-0.15, -0.1) is 0 Å². The van der Waals surface area contributed by atoms with E-state index in [0.29, 0.717) is 12.4 Å². The molecule has 4 nitrogen and oxygen atoms in total. The molecule has 0 saturated heterocycles. The number of nitrogens with two attached hydrogens (primary N) is 1. The van der Waals surface area contributed by atoms with Crippen LogP contribution in [0.5, 0.6) is 5.75 Å². The van der Waals surface area contributed by atoms with Gasteiger partial charge in [-0.2, -0.15) is 0 Å². The van der Waals surface area contributed by atoms with E-state index in [1.165, 1.54) is 0 Å². The van der Waals surface area contributed by atoms with Crippen molar-refractivity contribution in [2.45, 2.75) is 19.9 Å². The quantitative estimate of drug-likeness (QED) is 0.827. The Kier molecular flexibility index (Phi) is 2.92. The normalized spacial score (nSPS) is 10.6. The van der Waals surface area contributed by atoms with Crippen LogP contribution >= 0.6 is 0 Å². The van der Waals surface area contributed by atoms with Gasteiger partial charge < -0.3 is 15.3 Å². The van der Waals surface area contributed by atoms with Crippen LogP contribution in [0.15, 0.2) is 28.7 Å². The van der Waals surface area contributed by atoms with Crippen LogP contribution < -0.4 is 5.73 Å². The summed E-state index contributed by atoms with van der Waals surface area (Å²) in [5.41, 5.74) is 7.23. The standard InChI is InChI=1S/C12H14N2O2/c1-2-10-12(14-11(7-13)16-10)8-3-5-9(15)6-4-8/h3-6,15H,2,7,13H2,1H3. The predicted molar refractivity (Wildman–Crippen MR) is 60.9 cm³/mol. The summed E-state index contributed by atoms with van der Waals surface area (Å²) >= 11 is 0. The molecule has 84 valence electrons. The summed E-state index contributed by atoms with van der Waals surface area (Å²) in [7, 11) is 0. The Balaban J connectivity index is 2.45. The number of benzene rings is 1. The molecule has 1 heterocycles. The molecule has 1 aromatic heterocycles. The van der Waals surface area contributed by atoms with E-state index in [1.54, 1.807) is 12.1 Å². The van der Waals surface area contributed by atoms with Crippen molar-refractivity contribution in [3.8, 4) is 17.0 Å². The molecule has 0 aliphatic carbocycles. The van der Waals surface area contributed by atoms with Gasteiger partial charge in [-0.3, -0.25) is 0 Å². The highest BCUT2D eigenvalue weighted by atomic mass is 16.4. The molecule has 16 heavy (non-hydrogen) atoms. The summed E-state index contributed by atoms with van der Waals surface area (Å²) in [6.07, 6.45) is 0.767. The van der Waals surface area contributed by atoms with E-state index >= 15 is 0 Å². The Morgan fingerprint density at radius 1 is 1.31 bits per heavy atom. The monoisotopic (exact) mass is 218 g/mol. The highest BCUT2D eigenvalue weighted by molar-refractivity contribution is 5.62. The first kappa shape index (κ1) is 10.7. The summed E-state index contributed by atoms with van der Waals surface area (Å²) in [6, 6.07) is 6.89. The van der Waals surface area contributed by atoms with Crippen LogP contribution in [0, 0.1) is 0 Å². The van der Waals surface area contributed by atoms with Crippen LogP contribution in [0.2, 0.25) is 0 Å². The molecule has 0 amide bonds. The van der Waals surface area contributed by atoms with Crippen molar-refractivity contribution in [1.82, 2.24) is 4.98 Å². The lowest BCUT2D eigenvalue weighted by Crippen LogP contribution is -1.95. The molecule has 0 spiro atoms. The van der Waals surface area contributed by atoms with Gasteiger partial charge in [-0.1, -0.05) is 6.92 Å². The second-order valence-corrected chi connectivity index (χ2v) is 3.48. The Labute approximate surface area is 93.7 Å². The van der Waals surface area contributed by atoms with Crippen molar-refractivity contribution in [2.75, 3.05) is 0 Å². The Morgan fingerprint density at radius 2 is 2.00 bits per heavy atom. The second kappa shape index (κ2) is 4.37. The third-order valence-electron chi connectivity index (χ3n) is 2.38. The number of aromatic hydroxyl groups is 1. The van der Waals surface area contributed by atoms with E-state index in [0.717, 1.165) is 23.4 Å². The zero-order chi connectivity index (χ0) is 11.5. The Hall–Kier alpha value is -1.81. The number of hydrogen-bond donors (Lipinski definition) is 2. The van der Waals surface area contributed by atoms with E-state index in [4.69, 9.17) is 10.2 Å². The molecular formula is C12H14N2O2. The summed E-state index contributed by atoms with van der Waals surface area (Å²) < 4.78 is 5.50. The number of rotatable bonds is 3. The lowest BCUT2D eigenvalue weighted by molar-refractivity contribution is 0.461. The first-order chi connectivity index (χ1) is 7.74. The predicted octanol–water partition coefficient (Wildman–Crippen LogP) is 2.07. The van der Waals surface area contributed by atoms with E-state index < -0.39 is 0 Å². The largest absolute Gasteiger partial charge is 0.508 e. The first-order valence-electron chi connectivity index (χ1n) is 5.22. The van der Waals surface area contributed by atoms with Crippen LogP contribution in [0.1, 0.15) is 18.6 Å². The smallest absolute Gasteiger partial charge is 0.208 e. The molecule has 0 aliphatic heterocycles. The lowest BCUT2D eigenvalue weighted by atomic mass is 10.1. The second-order valence-electron chi connectivity index (χ2n) is 3.48. The SMILES string of the molecule is CCc1oc(CN)nc1-c1ccc(O)cc1. The zero-order valence-corrected chi connectivity index (χ0v) is 9.10. The molecule has 3 N–H and O–H groups in total. The third kappa shape index (κ3) is 1.92. The maximum Gasteiger partial charge on any atom is 0.208 e. The first-order valence-corrected chi connectivity index (χ1v) is 5.22. The van der Waals surface area contributed by atoms with Crippen LogP contribution in [0.4, 0.5) is 0 Å². The van der Waals surface area contributed by atoms with Crippen molar-refractivity contribution in [2.24, 2.45) is 5.73 Å². The average molecular weight is 218 g/mol. The van der Waals surface area contributed by atoms with Crippen molar-refractivity contribution in [3.63, 3.8) is 0 Å². The fraction of sp³-hybridized carbons (Fsp3) is 0.250. The number of aromatic nitrogens is 1. The van der Waals surface area contributed by atoms with Gasteiger partial charge in [-0.25, -0.2) is 4.98 Å². The molecule has 2 rings (SSSR count). The molecule has 0 aliphatic rings. The van der Waals surface area contributed by atoms with Gasteiger partial charge >= 0.3 is 0 Å². The van der Waals surface area contributed by atoms with E-state index in [1.807, 2.05) is 19.1 Å². The Morgan fingerprint density at radius 3 is 2.56 bits per heavy atom. The maximum absolute atomic E-state index is 9.22. The summed E-state index contributed by atoms with van der Waals surface area (Å²) in [5.74, 6) is 1.61. The molecule has 0 atom stereocenters. The fourth-order valence-corrected chi connectivity index (χ4v) is 1.57. The van der Waals surface area contributed by atoms with Crippen LogP contribution in [0.25, 0.3) is 11.3 Å². The van der Waals surface area contributed by atoms with Crippen molar-refractivity contribution < 1.29 is 9.52 Å². The maximum atomic E-state index is 9.22. The van der Waals surface area contributed by atoms with Crippen LogP contribution in [-0.4, -0.2) is 10.1 Å². The Bertz CT molecular complexity index is 474. The molecule has 4 heteroatoms. The van der Waals surface area contributed by atoms with Gasteiger partial charge in [0.05, 0.1) is 6.54 Å². The highest BCUT2D eigenvalue weighted by Crippen LogP contribution is 2.25. The minimum absolute atomic E-state index is 0.240. The van der Waals surface area contributed by atoms with Crippen molar-refractivity contribution in [3.05, 3.63) is 35.9 Å². The molecule has 2 aromatic rings. The fourth-order valence-electron chi connectivity index (χ4n) is 1.57. The van der Waals surface area contributed by atoms with Crippen molar-refractivity contribution >= 4 is 0 Å². The van der Waals surface area contributed by atoms with E-state index in [9.17, 15) is 5.11 Å². The van der Waals surface area contributed by atoms with Gasteiger partial charge in [-0.05, 0) is 24.3 Å². The van der Waals surface area contributed by atoms with Crippen molar-refractivity contribution in [1.29, 1.82) is 0 Å². The number of nitrogens with zero attached hydrogens (tertiary/aromatic N) is 1. The van der Waals surface area contributed by atoms with Gasteiger partial charge in [0, 0.05) is 12.0 Å². The summed E-state index contributed by atoms with van der Waals surface area (Å²) in [5, 5.41) is 9.22. The highest BCUT2D eigenvalue weighted by Gasteiger charge is 2.12. The molecular weight excluding hydrogens is 204 g/mol. The third-order valence-corrected chi connectivity index (χ3v) is 2.38. The minimum Gasteiger partial charge on any atom is -0.508 e. The van der Waals surface area contributed by atoms with E-state index in [-0.39, 0.29) is 5.75 Å². The molecule has 1 aromatic carbocycles. The van der Waals surface area contributed by atoms with Crippen LogP contribution in [-0.2, 0) is 13.0 Å². The molecule has 0 unspecified atom stereocenters. The average Bonchev–Trinajstić information content (AvgIpc) is 2.73. The zero-order valence-electron chi connectivity index (χ0n) is 9.10. The number of phenolic OH excluding ortho intramolecular Hbond substituents is 1. The van der Waals surface area contributed by atoms with Gasteiger partial charge in [0.2, 0.25) is 5.89 Å². The lowest BCUT2D eigenvalue weighted by Gasteiger charge is -1.98. The van der Waals surface area contributed by atoms with Gasteiger partial charge in [0.25, 0.3) is 0 Å². The summed E-state index contributed by atoms with van der Waals surface area (Å²) in [6.45, 7) is 2.30. The summed E-state index contributed by atoms with van der Waals surface area (Å²) in [4.78, 5) is 4.33. The topological polar surface area (TPSA) is 72.3 Å². The number of phenols is 1. The van der Waals surface area contributed by atoms with E-state index in [2.05, 4.69) is 4.98 Å². The van der Waals surface area contributed by atoms with Crippen LogP contribution in [0.3, 0.4) is 0 Å². The molecule has 0 saturated carbocycles. The number of oxazole rings is 1. The van der Waals surface area contributed by atoms with Gasteiger partial charge in [0.15, 0.2) is 0 Å².